The first-order chi connectivity index (χ1) is 13.2. The third kappa shape index (κ3) is 9.02. The molecule has 0 saturated carbocycles. The molecule has 2 N–H and O–H groups in total. The molecular weight excluding hydrogens is 340 g/mol. The maximum Gasteiger partial charge on any atom is 0.119 e. The molecule has 0 saturated heterocycles. The predicted molar refractivity (Wildman–Crippen MR) is 109 cm³/mol. The molecule has 1 unspecified atom stereocenters. The van der Waals surface area contributed by atoms with Crippen molar-refractivity contribution in [1.82, 2.24) is 10.2 Å². The molecule has 0 amide bonds. The number of aliphatic hydroxyl groups excluding tert-OH is 1. The van der Waals surface area contributed by atoms with Gasteiger partial charge in [0.25, 0.3) is 0 Å². The van der Waals surface area contributed by atoms with Crippen molar-refractivity contribution in [1.29, 1.82) is 0 Å². The quantitative estimate of drug-likeness (QED) is 0.530. The van der Waals surface area contributed by atoms with Gasteiger partial charge in [0, 0.05) is 33.4 Å². The molecule has 2 rings (SSSR count). The molecule has 0 aliphatic heterocycles. The van der Waals surface area contributed by atoms with E-state index in [1.54, 1.807) is 7.11 Å². The maximum absolute atomic E-state index is 10.2. The molecule has 0 aliphatic rings. The van der Waals surface area contributed by atoms with E-state index in [1.807, 2.05) is 49.5 Å². The highest BCUT2D eigenvalue weighted by atomic mass is 16.5. The molecule has 0 fully saturated rings. The van der Waals surface area contributed by atoms with Gasteiger partial charge in [0.05, 0.1) is 0 Å². The molecule has 5 nitrogen and oxygen atoms in total. The van der Waals surface area contributed by atoms with Crippen LogP contribution in [-0.2, 0) is 17.8 Å². The highest BCUT2D eigenvalue weighted by Crippen LogP contribution is 2.13. The van der Waals surface area contributed by atoms with E-state index in [0.29, 0.717) is 6.54 Å². The Hall–Kier alpha value is -1.92. The van der Waals surface area contributed by atoms with Crippen LogP contribution in [0.4, 0.5) is 0 Å². The van der Waals surface area contributed by atoms with Crippen LogP contribution < -0.4 is 10.1 Å². The molecule has 1 atom stereocenters. The average molecular weight is 373 g/mol. The van der Waals surface area contributed by atoms with Gasteiger partial charge in [-0.1, -0.05) is 42.5 Å². The van der Waals surface area contributed by atoms with Crippen molar-refractivity contribution >= 4 is 0 Å². The lowest BCUT2D eigenvalue weighted by Gasteiger charge is -2.21. The molecule has 2 aromatic rings. The van der Waals surface area contributed by atoms with Crippen molar-refractivity contribution in [3.05, 3.63) is 65.7 Å². The Labute approximate surface area is 162 Å². The largest absolute Gasteiger partial charge is 0.491 e. The number of hydrogen-bond acceptors (Lipinski definition) is 5. The van der Waals surface area contributed by atoms with Crippen LogP contribution in [0.15, 0.2) is 54.6 Å². The minimum absolute atomic E-state index is 0.285. The van der Waals surface area contributed by atoms with E-state index in [4.69, 9.17) is 9.47 Å². The van der Waals surface area contributed by atoms with E-state index < -0.39 is 6.10 Å². The van der Waals surface area contributed by atoms with Crippen molar-refractivity contribution in [3.63, 3.8) is 0 Å². The molecule has 5 heteroatoms. The second-order valence-corrected chi connectivity index (χ2v) is 6.81. The van der Waals surface area contributed by atoms with Gasteiger partial charge in [0.1, 0.15) is 18.5 Å². The fourth-order valence-electron chi connectivity index (χ4n) is 2.84. The Bertz CT molecular complexity index is 619. The summed E-state index contributed by atoms with van der Waals surface area (Å²) in [4.78, 5) is 2.10. The van der Waals surface area contributed by atoms with Gasteiger partial charge in [-0.25, -0.2) is 0 Å². The summed E-state index contributed by atoms with van der Waals surface area (Å²) in [5, 5.41) is 13.6. The standard InChI is InChI=1S/C22H32N2O3/c1-24(16-20-7-4-3-5-8-20)17-21(25)18-27-22-11-9-19(10-12-22)15-23-13-6-14-26-2/h3-5,7-12,21,23,25H,6,13-18H2,1-2H3. The number of nitrogens with one attached hydrogen (secondary N) is 1. The van der Waals surface area contributed by atoms with Gasteiger partial charge in [0.2, 0.25) is 0 Å². The highest BCUT2D eigenvalue weighted by Gasteiger charge is 2.09. The molecule has 148 valence electrons. The minimum Gasteiger partial charge on any atom is -0.491 e. The van der Waals surface area contributed by atoms with Crippen LogP contribution in [0.1, 0.15) is 17.5 Å². The molecule has 0 aliphatic carbocycles. The Morgan fingerprint density at radius 1 is 1.04 bits per heavy atom. The summed E-state index contributed by atoms with van der Waals surface area (Å²) in [5.41, 5.74) is 2.45. The molecule has 0 spiro atoms. The van der Waals surface area contributed by atoms with E-state index in [2.05, 4.69) is 22.3 Å². The number of likely N-dealkylation sites (N-methyl/N-ethyl adjacent to an activating group) is 1. The molecule has 27 heavy (non-hydrogen) atoms. The fraction of sp³-hybridized carbons (Fsp3) is 0.455. The van der Waals surface area contributed by atoms with Crippen LogP contribution in [0.3, 0.4) is 0 Å². The van der Waals surface area contributed by atoms with Crippen molar-refractivity contribution in [2.75, 3.05) is 40.5 Å². The number of nitrogens with zero attached hydrogens (tertiary/aromatic N) is 1. The van der Waals surface area contributed by atoms with Crippen molar-refractivity contribution in [2.24, 2.45) is 0 Å². The van der Waals surface area contributed by atoms with Crippen LogP contribution in [-0.4, -0.2) is 56.6 Å². The third-order valence-electron chi connectivity index (χ3n) is 4.21. The Balaban J connectivity index is 1.65. The van der Waals surface area contributed by atoms with Gasteiger partial charge < -0.3 is 19.9 Å². The average Bonchev–Trinajstić information content (AvgIpc) is 2.68. The zero-order valence-corrected chi connectivity index (χ0v) is 16.4. The van der Waals surface area contributed by atoms with Crippen molar-refractivity contribution in [3.8, 4) is 5.75 Å². The van der Waals surface area contributed by atoms with Crippen LogP contribution in [0, 0.1) is 0 Å². The lowest BCUT2D eigenvalue weighted by Crippen LogP contribution is -2.32. The summed E-state index contributed by atoms with van der Waals surface area (Å²) in [6.45, 7) is 4.21. The van der Waals surface area contributed by atoms with Gasteiger partial charge in [-0.05, 0) is 43.3 Å². The lowest BCUT2D eigenvalue weighted by atomic mass is 10.2. The number of ether oxygens (including phenoxy) is 2. The summed E-state index contributed by atoms with van der Waals surface area (Å²) >= 11 is 0. The lowest BCUT2D eigenvalue weighted by molar-refractivity contribution is 0.0744. The number of methoxy groups -OCH3 is 1. The van der Waals surface area contributed by atoms with Crippen LogP contribution in [0.5, 0.6) is 5.75 Å². The third-order valence-corrected chi connectivity index (χ3v) is 4.21. The normalized spacial score (nSPS) is 12.3. The van der Waals surface area contributed by atoms with Crippen LogP contribution in [0.2, 0.25) is 0 Å². The molecular formula is C22H32N2O3. The smallest absolute Gasteiger partial charge is 0.119 e. The second kappa shape index (κ2) is 12.5. The van der Waals surface area contributed by atoms with Gasteiger partial charge in [0.15, 0.2) is 0 Å². The molecule has 0 radical (unpaired) electrons. The van der Waals surface area contributed by atoms with Crippen LogP contribution >= 0.6 is 0 Å². The Morgan fingerprint density at radius 2 is 1.78 bits per heavy atom. The Kier molecular flexibility index (Phi) is 9.87. The van der Waals surface area contributed by atoms with E-state index in [0.717, 1.165) is 38.4 Å². The monoisotopic (exact) mass is 372 g/mol. The first-order valence-corrected chi connectivity index (χ1v) is 9.49. The SMILES string of the molecule is COCCCNCc1ccc(OCC(O)CN(C)Cc2ccccc2)cc1. The van der Waals surface area contributed by atoms with E-state index in [9.17, 15) is 5.11 Å². The zero-order chi connectivity index (χ0) is 19.3. The van der Waals surface area contributed by atoms with Gasteiger partial charge >= 0.3 is 0 Å². The number of hydrogen-bond donors (Lipinski definition) is 2. The first-order valence-electron chi connectivity index (χ1n) is 9.49. The summed E-state index contributed by atoms with van der Waals surface area (Å²) in [6.07, 6.45) is 0.481. The van der Waals surface area contributed by atoms with Crippen molar-refractivity contribution < 1.29 is 14.6 Å². The number of benzene rings is 2. The predicted octanol–water partition coefficient (Wildman–Crippen LogP) is 2.68. The summed E-state index contributed by atoms with van der Waals surface area (Å²) in [6, 6.07) is 18.2. The summed E-state index contributed by atoms with van der Waals surface area (Å²) in [5.74, 6) is 0.780. The van der Waals surface area contributed by atoms with Gasteiger partial charge in [-0.15, -0.1) is 0 Å². The summed E-state index contributed by atoms with van der Waals surface area (Å²) in [7, 11) is 3.72. The van der Waals surface area contributed by atoms with E-state index in [1.165, 1.54) is 11.1 Å². The Morgan fingerprint density at radius 3 is 2.48 bits per heavy atom. The zero-order valence-electron chi connectivity index (χ0n) is 16.4. The number of rotatable bonds is 13. The first kappa shape index (κ1) is 21.4. The molecule has 0 aromatic heterocycles. The fourth-order valence-corrected chi connectivity index (χ4v) is 2.84. The summed E-state index contributed by atoms with van der Waals surface area (Å²) < 4.78 is 10.7. The minimum atomic E-state index is -0.527. The second-order valence-electron chi connectivity index (χ2n) is 6.81. The molecule has 2 aromatic carbocycles. The van der Waals surface area contributed by atoms with Crippen LogP contribution in [0.25, 0.3) is 0 Å². The maximum atomic E-state index is 10.2. The van der Waals surface area contributed by atoms with Gasteiger partial charge in [-0.3, -0.25) is 4.90 Å². The molecule has 0 bridgehead atoms. The topological polar surface area (TPSA) is 54.0 Å². The van der Waals surface area contributed by atoms with Gasteiger partial charge in [-0.2, -0.15) is 0 Å². The number of aliphatic hydroxyl groups is 1. The molecule has 0 heterocycles. The highest BCUT2D eigenvalue weighted by molar-refractivity contribution is 5.27. The van der Waals surface area contributed by atoms with E-state index >= 15 is 0 Å². The van der Waals surface area contributed by atoms with E-state index in [-0.39, 0.29) is 6.61 Å². The van der Waals surface area contributed by atoms with Crippen molar-refractivity contribution in [2.45, 2.75) is 25.6 Å².